The monoisotopic (exact) mass is 645 g/mol. The number of fused-ring (bicyclic) bond motifs is 2. The summed E-state index contributed by atoms with van der Waals surface area (Å²) in [6.45, 7) is 0. The van der Waals surface area contributed by atoms with Crippen LogP contribution in [0.2, 0.25) is 0 Å². The van der Waals surface area contributed by atoms with Crippen molar-refractivity contribution < 1.29 is 32.7 Å². The Morgan fingerprint density at radius 2 is 0.844 bits per heavy atom. The first-order valence-electron chi connectivity index (χ1n) is 15.0. The second-order valence-corrected chi connectivity index (χ2v) is 11.1. The molecule has 0 saturated heterocycles. The maximum Gasteiger partial charge on any atom is 0 e. The Hall–Kier alpha value is -4.62. The van der Waals surface area contributed by atoms with Gasteiger partial charge in [0, 0.05) is 32.7 Å². The zero-order chi connectivity index (χ0) is 29.3. The summed E-state index contributed by atoms with van der Waals surface area (Å²) in [6.07, 6.45) is 0. The van der Waals surface area contributed by atoms with E-state index in [-0.39, 0.29) is 32.7 Å². The fourth-order valence-electron chi connectivity index (χ4n) is 6.49. The van der Waals surface area contributed by atoms with Crippen LogP contribution in [0.15, 0.2) is 170 Å². The van der Waals surface area contributed by atoms with Gasteiger partial charge in [0.1, 0.15) is 0 Å². The molecule has 0 bridgehead atoms. The molecule has 8 aromatic rings. The summed E-state index contributed by atoms with van der Waals surface area (Å²) in [7, 11) is 0. The Bertz CT molecular complexity index is 2210. The second-order valence-electron chi connectivity index (χ2n) is 11.1. The first-order valence-corrected chi connectivity index (χ1v) is 15.0. The maximum atomic E-state index is 3.65. The molecule has 0 N–H and O–H groups in total. The van der Waals surface area contributed by atoms with Gasteiger partial charge in [-0.25, -0.2) is 5.56 Å². The number of rotatable bonds is 5. The molecule has 0 aliphatic carbocycles. The van der Waals surface area contributed by atoms with Crippen LogP contribution in [-0.2, 0) is 32.7 Å². The van der Waals surface area contributed by atoms with Gasteiger partial charge in [0.2, 0.25) is 0 Å². The van der Waals surface area contributed by atoms with Crippen molar-refractivity contribution in [2.45, 2.75) is 0 Å². The predicted molar refractivity (Wildman–Crippen MR) is 186 cm³/mol. The van der Waals surface area contributed by atoms with E-state index < -0.39 is 0 Å². The average molecular weight is 646 g/mol. The van der Waals surface area contributed by atoms with Crippen LogP contribution in [0.3, 0.4) is 0 Å². The topological polar surface area (TPSA) is 0 Å². The van der Waals surface area contributed by atoms with Crippen molar-refractivity contribution in [3.8, 4) is 55.6 Å². The summed E-state index contributed by atoms with van der Waals surface area (Å²) in [5.74, 6) is 0. The largest absolute Gasteiger partial charge is 0.209 e. The molecule has 0 aliphatic rings. The normalized spacial score (nSPS) is 10.9. The van der Waals surface area contributed by atoms with Crippen molar-refractivity contribution >= 4 is 21.5 Å². The molecule has 0 spiro atoms. The van der Waals surface area contributed by atoms with Gasteiger partial charge < -0.3 is 0 Å². The minimum Gasteiger partial charge on any atom is -0.209 e. The molecule has 0 amide bonds. The van der Waals surface area contributed by atoms with Gasteiger partial charge in [-0.2, -0.15) is 35.9 Å². The Morgan fingerprint density at radius 1 is 0.333 bits per heavy atom. The third kappa shape index (κ3) is 5.46. The van der Waals surface area contributed by atoms with Gasteiger partial charge in [-0.05, 0) is 49.4 Å². The molecule has 8 aromatic carbocycles. The molecule has 0 fully saturated rings. The van der Waals surface area contributed by atoms with E-state index in [0.29, 0.717) is 0 Å². The summed E-state index contributed by atoms with van der Waals surface area (Å²) in [4.78, 5) is 0. The van der Waals surface area contributed by atoms with Crippen LogP contribution in [0.4, 0.5) is 0 Å². The molecule has 0 saturated carbocycles. The standard InChI is InChI=1S/C44H28.Y/c1-3-15-31(16-4-1)33-19-13-20-34(29-33)35-21-14-22-36(30-35)43-39-25-9-11-27-41(39)44(42-28-12-10-26-40(42)43)38-24-8-7-23-37(38)32-17-5-2-6-18-32;/h1-20,22-28,30H;/q-2;. The fourth-order valence-corrected chi connectivity index (χ4v) is 6.49. The summed E-state index contributed by atoms with van der Waals surface area (Å²) < 4.78 is 0. The molecular formula is C44H28Y-2. The maximum absolute atomic E-state index is 3.65. The number of hydrogen-bond acceptors (Lipinski definition) is 0. The minimum absolute atomic E-state index is 0. The van der Waals surface area contributed by atoms with Crippen molar-refractivity contribution in [3.63, 3.8) is 0 Å². The van der Waals surface area contributed by atoms with Crippen LogP contribution >= 0.6 is 0 Å². The van der Waals surface area contributed by atoms with Gasteiger partial charge in [-0.3, -0.25) is 0 Å². The van der Waals surface area contributed by atoms with Gasteiger partial charge in [-0.15, -0.1) is 29.3 Å². The molecule has 209 valence electrons. The van der Waals surface area contributed by atoms with Gasteiger partial charge in [0.15, 0.2) is 0 Å². The van der Waals surface area contributed by atoms with E-state index >= 15 is 0 Å². The molecule has 0 aliphatic heterocycles. The number of hydrogen-bond donors (Lipinski definition) is 0. The average Bonchev–Trinajstić information content (AvgIpc) is 3.11. The summed E-state index contributed by atoms with van der Waals surface area (Å²) in [6, 6.07) is 67.7. The third-order valence-corrected chi connectivity index (χ3v) is 8.47. The van der Waals surface area contributed by atoms with Gasteiger partial charge in [0.25, 0.3) is 0 Å². The summed E-state index contributed by atoms with van der Waals surface area (Å²) in [5.41, 5.74) is 11.7. The molecule has 8 rings (SSSR count). The van der Waals surface area contributed by atoms with Crippen molar-refractivity contribution in [2.75, 3.05) is 0 Å². The SMILES string of the molecule is [Y].[c-]1ccc(-c2c3ccccc3c(-c3ccccc3-c3ccccc3)c3ccccc23)cc1-c1[c-]c(-c2ccccc2)ccc1. The Morgan fingerprint density at radius 3 is 1.49 bits per heavy atom. The van der Waals surface area contributed by atoms with Crippen LogP contribution in [0.25, 0.3) is 77.2 Å². The molecule has 1 heteroatoms. The first kappa shape index (κ1) is 29.1. The molecule has 0 unspecified atom stereocenters. The molecular weight excluding hydrogens is 617 g/mol. The van der Waals surface area contributed by atoms with Crippen molar-refractivity contribution in [1.29, 1.82) is 0 Å². The molecule has 45 heavy (non-hydrogen) atoms. The van der Waals surface area contributed by atoms with Crippen LogP contribution in [-0.4, -0.2) is 0 Å². The van der Waals surface area contributed by atoms with Crippen molar-refractivity contribution in [1.82, 2.24) is 0 Å². The summed E-state index contributed by atoms with van der Waals surface area (Å²) >= 11 is 0. The van der Waals surface area contributed by atoms with Crippen molar-refractivity contribution in [2.24, 2.45) is 0 Å². The van der Waals surface area contributed by atoms with E-state index in [1.807, 2.05) is 6.07 Å². The quantitative estimate of drug-likeness (QED) is 0.129. The minimum atomic E-state index is 0. The van der Waals surface area contributed by atoms with Gasteiger partial charge in [-0.1, -0.05) is 139 Å². The fraction of sp³-hybridized carbons (Fsp3) is 0. The van der Waals surface area contributed by atoms with E-state index in [1.54, 1.807) is 0 Å². The van der Waals surface area contributed by atoms with Crippen LogP contribution in [0.1, 0.15) is 0 Å². The van der Waals surface area contributed by atoms with Crippen LogP contribution in [0.5, 0.6) is 0 Å². The van der Waals surface area contributed by atoms with Gasteiger partial charge in [0.05, 0.1) is 0 Å². The van der Waals surface area contributed by atoms with E-state index in [1.165, 1.54) is 54.9 Å². The third-order valence-electron chi connectivity index (χ3n) is 8.47. The zero-order valence-electron chi connectivity index (χ0n) is 24.7. The van der Waals surface area contributed by atoms with E-state index in [4.69, 9.17) is 0 Å². The first-order chi connectivity index (χ1) is 21.8. The summed E-state index contributed by atoms with van der Waals surface area (Å²) in [5, 5.41) is 4.97. The molecule has 1 radical (unpaired) electrons. The van der Waals surface area contributed by atoms with Crippen LogP contribution < -0.4 is 0 Å². The molecule has 0 aromatic heterocycles. The van der Waals surface area contributed by atoms with E-state index in [9.17, 15) is 0 Å². The second kappa shape index (κ2) is 12.8. The van der Waals surface area contributed by atoms with E-state index in [0.717, 1.165) is 22.3 Å². The Labute approximate surface area is 289 Å². The molecule has 0 nitrogen and oxygen atoms in total. The smallest absolute Gasteiger partial charge is 0 e. The Balaban J connectivity index is 0.00000325. The predicted octanol–water partition coefficient (Wildman–Crippen LogP) is 11.9. The zero-order valence-corrected chi connectivity index (χ0v) is 27.6. The number of benzene rings is 8. The molecule has 0 atom stereocenters. The molecule has 0 heterocycles. The van der Waals surface area contributed by atoms with Gasteiger partial charge >= 0.3 is 0 Å². The van der Waals surface area contributed by atoms with Crippen molar-refractivity contribution in [3.05, 3.63) is 182 Å². The van der Waals surface area contributed by atoms with Crippen LogP contribution in [0, 0.1) is 12.1 Å². The van der Waals surface area contributed by atoms with E-state index in [2.05, 4.69) is 176 Å². The Kier molecular flexibility index (Phi) is 8.27.